The van der Waals surface area contributed by atoms with Gasteiger partial charge >= 0.3 is 6.03 Å². The van der Waals surface area contributed by atoms with Gasteiger partial charge < -0.3 is 5.32 Å². The molecule has 0 unspecified atom stereocenters. The number of benzene rings is 1. The Morgan fingerprint density at radius 2 is 2.00 bits per heavy atom. The largest absolute Gasteiger partial charge is 0.326 e. The maximum atomic E-state index is 12.3. The molecule has 23 heavy (non-hydrogen) atoms. The summed E-state index contributed by atoms with van der Waals surface area (Å²) in [7, 11) is -3.28. The highest BCUT2D eigenvalue weighted by Crippen LogP contribution is 2.20. The van der Waals surface area contributed by atoms with Crippen molar-refractivity contribution in [3.63, 3.8) is 0 Å². The second-order valence-corrected chi connectivity index (χ2v) is 8.55. The van der Waals surface area contributed by atoms with Gasteiger partial charge in [0.05, 0.1) is 11.4 Å². The van der Waals surface area contributed by atoms with E-state index in [1.165, 1.54) is 11.0 Å². The molecule has 1 N–H and O–H groups in total. The molecule has 1 fully saturated rings. The molecule has 0 aliphatic carbocycles. The van der Waals surface area contributed by atoms with E-state index in [1.807, 2.05) is 6.26 Å². The van der Waals surface area contributed by atoms with Gasteiger partial charge in [0.1, 0.15) is 6.04 Å². The van der Waals surface area contributed by atoms with Crippen molar-refractivity contribution >= 4 is 33.5 Å². The van der Waals surface area contributed by atoms with Crippen molar-refractivity contribution in [2.45, 2.75) is 30.8 Å². The number of thioether (sulfide) groups is 1. The van der Waals surface area contributed by atoms with E-state index in [0.29, 0.717) is 12.0 Å². The molecule has 0 saturated carbocycles. The van der Waals surface area contributed by atoms with Gasteiger partial charge in [0, 0.05) is 6.26 Å². The van der Waals surface area contributed by atoms with Crippen molar-refractivity contribution < 1.29 is 18.0 Å². The molecule has 8 heteroatoms. The third-order valence-corrected chi connectivity index (χ3v) is 5.60. The molecular formula is C15H20N2O4S2. The fraction of sp³-hybridized carbons (Fsp3) is 0.467. The number of carbonyl (C=O) groups excluding carboxylic acids is 2. The minimum atomic E-state index is -3.28. The van der Waals surface area contributed by atoms with Crippen LogP contribution in [0.2, 0.25) is 0 Å². The molecular weight excluding hydrogens is 336 g/mol. The van der Waals surface area contributed by atoms with Crippen LogP contribution in [0.25, 0.3) is 0 Å². The number of amides is 3. The first kappa shape index (κ1) is 17.8. The Balaban J connectivity index is 2.15. The molecule has 126 valence electrons. The van der Waals surface area contributed by atoms with Crippen LogP contribution in [0.5, 0.6) is 0 Å². The summed E-state index contributed by atoms with van der Waals surface area (Å²) in [6.07, 6.45) is 3.71. The lowest BCUT2D eigenvalue weighted by Crippen LogP contribution is -2.31. The van der Waals surface area contributed by atoms with Crippen LogP contribution in [-0.4, -0.2) is 49.6 Å². The molecule has 1 aromatic carbocycles. The van der Waals surface area contributed by atoms with Gasteiger partial charge in [-0.25, -0.2) is 13.2 Å². The van der Waals surface area contributed by atoms with Crippen molar-refractivity contribution in [2.75, 3.05) is 18.3 Å². The van der Waals surface area contributed by atoms with Gasteiger partial charge in [-0.2, -0.15) is 11.8 Å². The first-order chi connectivity index (χ1) is 10.7. The number of hydrogen-bond donors (Lipinski definition) is 1. The summed E-state index contributed by atoms with van der Waals surface area (Å²) < 4.78 is 23.3. The molecule has 3 amide bonds. The van der Waals surface area contributed by atoms with Gasteiger partial charge in [-0.1, -0.05) is 12.1 Å². The number of nitrogens with one attached hydrogen (secondary N) is 1. The van der Waals surface area contributed by atoms with Gasteiger partial charge in [0.2, 0.25) is 0 Å². The predicted octanol–water partition coefficient (Wildman–Crippen LogP) is 1.57. The van der Waals surface area contributed by atoms with Gasteiger partial charge in [0.25, 0.3) is 5.91 Å². The van der Waals surface area contributed by atoms with Crippen LogP contribution in [-0.2, 0) is 21.2 Å². The molecule has 1 aliphatic rings. The van der Waals surface area contributed by atoms with Gasteiger partial charge in [-0.05, 0) is 42.5 Å². The summed E-state index contributed by atoms with van der Waals surface area (Å²) in [5, 5.41) is 2.69. The molecule has 1 aliphatic heterocycles. The monoisotopic (exact) mass is 356 g/mol. The van der Waals surface area contributed by atoms with Crippen LogP contribution in [0.3, 0.4) is 0 Å². The molecule has 1 aromatic rings. The maximum Gasteiger partial charge on any atom is 0.325 e. The van der Waals surface area contributed by atoms with Crippen LogP contribution in [0.1, 0.15) is 17.5 Å². The Morgan fingerprint density at radius 1 is 1.30 bits per heavy atom. The number of carbonyl (C=O) groups is 2. The highest BCUT2D eigenvalue weighted by molar-refractivity contribution is 7.98. The number of imide groups is 1. The summed E-state index contributed by atoms with van der Waals surface area (Å²) in [6, 6.07) is 3.99. The number of hydrogen-bond acceptors (Lipinski definition) is 5. The Kier molecular flexibility index (Phi) is 5.36. The standard InChI is InChI=1S/C15H20N2O4S2/c1-10-8-11(4-5-13(10)23(3,20)21)9-17-14(18)12(6-7-22-2)16-15(17)19/h4-5,8,12H,6-7,9H2,1-3H3,(H,16,19)/t12-/m0/s1. The van der Waals surface area contributed by atoms with Crippen molar-refractivity contribution in [1.29, 1.82) is 0 Å². The summed E-state index contributed by atoms with van der Waals surface area (Å²) in [6.45, 7) is 1.85. The average molecular weight is 356 g/mol. The quantitative estimate of drug-likeness (QED) is 0.782. The van der Waals surface area contributed by atoms with E-state index in [0.717, 1.165) is 17.6 Å². The number of sulfone groups is 1. The van der Waals surface area contributed by atoms with Gasteiger partial charge in [-0.3, -0.25) is 9.69 Å². The van der Waals surface area contributed by atoms with Gasteiger partial charge in [-0.15, -0.1) is 0 Å². The van der Waals surface area contributed by atoms with Crippen LogP contribution in [0.15, 0.2) is 23.1 Å². The zero-order chi connectivity index (χ0) is 17.2. The SMILES string of the molecule is CSCC[C@@H]1NC(=O)N(Cc2ccc(S(C)(=O)=O)c(C)c2)C1=O. The number of urea groups is 1. The fourth-order valence-corrected chi connectivity index (χ4v) is 4.00. The molecule has 2 rings (SSSR count). The molecule has 0 radical (unpaired) electrons. The minimum Gasteiger partial charge on any atom is -0.326 e. The van der Waals surface area contributed by atoms with E-state index in [4.69, 9.17) is 0 Å². The summed E-state index contributed by atoms with van der Waals surface area (Å²) in [5.41, 5.74) is 1.33. The average Bonchev–Trinajstić information content (AvgIpc) is 2.71. The molecule has 1 saturated heterocycles. The van der Waals surface area contributed by atoms with E-state index in [2.05, 4.69) is 5.32 Å². The van der Waals surface area contributed by atoms with Crippen LogP contribution in [0, 0.1) is 6.92 Å². The Morgan fingerprint density at radius 3 is 2.57 bits per heavy atom. The lowest BCUT2D eigenvalue weighted by molar-refractivity contribution is -0.127. The highest BCUT2D eigenvalue weighted by atomic mass is 32.2. The molecule has 0 aromatic heterocycles. The van der Waals surface area contributed by atoms with Crippen molar-refractivity contribution in [3.05, 3.63) is 29.3 Å². The Hall–Kier alpha value is -1.54. The first-order valence-electron chi connectivity index (χ1n) is 7.14. The third kappa shape index (κ3) is 4.06. The minimum absolute atomic E-state index is 0.144. The Labute approximate surface area is 140 Å². The van der Waals surface area contributed by atoms with Crippen LogP contribution in [0.4, 0.5) is 4.79 Å². The molecule has 1 heterocycles. The topological polar surface area (TPSA) is 83.6 Å². The summed E-state index contributed by atoms with van der Waals surface area (Å²) in [4.78, 5) is 25.7. The Bertz CT molecular complexity index is 731. The second kappa shape index (κ2) is 6.92. The third-order valence-electron chi connectivity index (χ3n) is 3.70. The zero-order valence-electron chi connectivity index (χ0n) is 13.3. The van der Waals surface area contributed by atoms with E-state index < -0.39 is 21.9 Å². The predicted molar refractivity (Wildman–Crippen MR) is 90.2 cm³/mol. The summed E-state index contributed by atoms with van der Waals surface area (Å²) in [5.74, 6) is 0.570. The van der Waals surface area contributed by atoms with Crippen LogP contribution >= 0.6 is 11.8 Å². The number of aryl methyl sites for hydroxylation is 1. The molecule has 6 nitrogen and oxygen atoms in total. The van der Waals surface area contributed by atoms with E-state index in [9.17, 15) is 18.0 Å². The zero-order valence-corrected chi connectivity index (χ0v) is 15.0. The number of rotatable bonds is 6. The van der Waals surface area contributed by atoms with E-state index >= 15 is 0 Å². The fourth-order valence-electron chi connectivity index (χ4n) is 2.57. The first-order valence-corrected chi connectivity index (χ1v) is 10.4. The van der Waals surface area contributed by atoms with Gasteiger partial charge in [0.15, 0.2) is 9.84 Å². The molecule has 0 bridgehead atoms. The van der Waals surface area contributed by atoms with Crippen molar-refractivity contribution in [1.82, 2.24) is 10.2 Å². The van der Waals surface area contributed by atoms with E-state index in [-0.39, 0.29) is 17.3 Å². The summed E-state index contributed by atoms with van der Waals surface area (Å²) >= 11 is 1.62. The molecule has 1 atom stereocenters. The molecule has 0 spiro atoms. The van der Waals surface area contributed by atoms with Crippen molar-refractivity contribution in [3.8, 4) is 0 Å². The van der Waals surface area contributed by atoms with Crippen molar-refractivity contribution in [2.24, 2.45) is 0 Å². The maximum absolute atomic E-state index is 12.3. The lowest BCUT2D eigenvalue weighted by Gasteiger charge is -2.14. The smallest absolute Gasteiger partial charge is 0.325 e. The van der Waals surface area contributed by atoms with E-state index in [1.54, 1.807) is 30.8 Å². The van der Waals surface area contributed by atoms with Crippen LogP contribution < -0.4 is 5.32 Å². The normalized spacial score (nSPS) is 18.4. The lowest BCUT2D eigenvalue weighted by atomic mass is 10.1. The highest BCUT2D eigenvalue weighted by Gasteiger charge is 2.37. The number of nitrogens with zero attached hydrogens (tertiary/aromatic N) is 1. The second-order valence-electron chi connectivity index (χ2n) is 5.58.